The van der Waals surface area contributed by atoms with Crippen LogP contribution in [-0.2, 0) is 29.5 Å². The van der Waals surface area contributed by atoms with Gasteiger partial charge in [-0.15, -0.1) is 0 Å². The van der Waals surface area contributed by atoms with Crippen LogP contribution in [0.15, 0.2) is 54.6 Å². The normalized spacial score (nSPS) is 11.5. The van der Waals surface area contributed by atoms with Gasteiger partial charge in [-0.05, 0) is 43.2 Å². The number of aromatic nitrogens is 1. The van der Waals surface area contributed by atoms with Crippen molar-refractivity contribution >= 4 is 22.9 Å². The molecule has 0 aliphatic heterocycles. The fourth-order valence-corrected chi connectivity index (χ4v) is 4.35. The molecule has 0 spiro atoms. The maximum Gasteiger partial charge on any atom is 0.355 e. The predicted molar refractivity (Wildman–Crippen MR) is 129 cm³/mol. The van der Waals surface area contributed by atoms with Gasteiger partial charge in [0, 0.05) is 35.3 Å². The molecule has 1 aromatic heterocycles. The molecular weight excluding hydrogens is 454 g/mol. The number of anilines is 1. The van der Waals surface area contributed by atoms with Gasteiger partial charge < -0.3 is 18.6 Å². The summed E-state index contributed by atoms with van der Waals surface area (Å²) in [4.78, 5) is 12.7. The van der Waals surface area contributed by atoms with Gasteiger partial charge >= 0.3 is 5.97 Å². The van der Waals surface area contributed by atoms with Crippen molar-refractivity contribution in [2.24, 2.45) is 7.05 Å². The van der Waals surface area contributed by atoms with E-state index in [9.17, 15) is 18.8 Å². The van der Waals surface area contributed by atoms with Crippen LogP contribution < -0.4 is 9.04 Å². The van der Waals surface area contributed by atoms with Crippen molar-refractivity contribution in [3.05, 3.63) is 71.5 Å². The minimum Gasteiger partial charge on any atom is -0.755 e. The Hall–Kier alpha value is -3.61. The smallest absolute Gasteiger partial charge is 0.355 e. The number of esters is 1. The van der Waals surface area contributed by atoms with Crippen molar-refractivity contribution in [2.45, 2.75) is 20.3 Å². The maximum atomic E-state index is 12.7. The van der Waals surface area contributed by atoms with Gasteiger partial charge in [-0.2, -0.15) is 5.26 Å². The quantitative estimate of drug-likeness (QED) is 0.321. The second-order valence-corrected chi connectivity index (χ2v) is 8.19. The maximum absolute atomic E-state index is 12.7. The highest BCUT2D eigenvalue weighted by molar-refractivity contribution is 7.80. The van der Waals surface area contributed by atoms with E-state index in [1.54, 1.807) is 67.1 Å². The van der Waals surface area contributed by atoms with Crippen LogP contribution in [0.25, 0.3) is 11.1 Å². The lowest BCUT2D eigenvalue weighted by Gasteiger charge is -2.26. The summed E-state index contributed by atoms with van der Waals surface area (Å²) in [6, 6.07) is 18.0. The first-order chi connectivity index (χ1) is 16.4. The molecule has 0 bridgehead atoms. The standard InChI is InChI=1S/C25H27N3O5S/c1-4-22-21(17-26)23(24(27(22)3)25(29)32-5-2)18-11-13-20(14-12-18)33-16-15-28(34(30)31)19-9-7-6-8-10-19/h6-14H,4-5,15-16H2,1-3H3,(H,30,31)/p-1. The number of hydrogen-bond acceptors (Lipinski definition) is 6. The van der Waals surface area contributed by atoms with Gasteiger partial charge in [0.1, 0.15) is 24.1 Å². The zero-order valence-corrected chi connectivity index (χ0v) is 20.1. The third-order valence-electron chi connectivity index (χ3n) is 5.36. The van der Waals surface area contributed by atoms with Crippen molar-refractivity contribution in [3.8, 4) is 22.9 Å². The fourth-order valence-electron chi connectivity index (χ4n) is 3.84. The number of para-hydroxylation sites is 1. The molecule has 0 aliphatic carbocycles. The number of rotatable bonds is 10. The van der Waals surface area contributed by atoms with Gasteiger partial charge in [-0.3, -0.25) is 8.51 Å². The van der Waals surface area contributed by atoms with Crippen molar-refractivity contribution in [3.63, 3.8) is 0 Å². The summed E-state index contributed by atoms with van der Waals surface area (Å²) in [5, 5.41) is 9.81. The number of carbonyl (C=O) groups is 1. The lowest BCUT2D eigenvalue weighted by molar-refractivity contribution is 0.0516. The second kappa shape index (κ2) is 11.5. The molecule has 9 heteroatoms. The van der Waals surface area contributed by atoms with E-state index in [4.69, 9.17) is 9.47 Å². The molecule has 0 amide bonds. The van der Waals surface area contributed by atoms with Crippen LogP contribution in [0.2, 0.25) is 0 Å². The van der Waals surface area contributed by atoms with Gasteiger partial charge in [0.25, 0.3) is 0 Å². The Labute approximate surface area is 201 Å². The molecule has 1 atom stereocenters. The van der Waals surface area contributed by atoms with Crippen LogP contribution in [0, 0.1) is 11.3 Å². The number of hydrogen-bond donors (Lipinski definition) is 0. The third kappa shape index (κ3) is 5.30. The molecule has 1 unspecified atom stereocenters. The zero-order valence-electron chi connectivity index (χ0n) is 19.3. The number of benzene rings is 2. The molecule has 1 heterocycles. The molecule has 3 rings (SSSR count). The zero-order chi connectivity index (χ0) is 24.7. The molecule has 34 heavy (non-hydrogen) atoms. The fraction of sp³-hybridized carbons (Fsp3) is 0.280. The number of carbonyl (C=O) groups excluding carboxylic acids is 1. The highest BCUT2D eigenvalue weighted by Gasteiger charge is 2.26. The Kier molecular flexibility index (Phi) is 8.46. The van der Waals surface area contributed by atoms with Crippen LogP contribution in [0.3, 0.4) is 0 Å². The largest absolute Gasteiger partial charge is 0.755 e. The molecule has 0 N–H and O–H groups in total. The van der Waals surface area contributed by atoms with Crippen molar-refractivity contribution < 1.29 is 23.0 Å². The first-order valence-electron chi connectivity index (χ1n) is 10.9. The SMILES string of the molecule is CCOC(=O)c1c(-c2ccc(OCCN(c3ccccc3)S(=O)[O-])cc2)c(C#N)c(CC)n1C. The van der Waals surface area contributed by atoms with E-state index in [2.05, 4.69) is 6.07 Å². The average Bonchev–Trinajstić information content (AvgIpc) is 3.13. The molecule has 3 aromatic rings. The Morgan fingerprint density at radius 2 is 1.82 bits per heavy atom. The van der Waals surface area contributed by atoms with E-state index in [1.165, 1.54) is 4.31 Å². The van der Waals surface area contributed by atoms with Crippen molar-refractivity contribution in [1.29, 1.82) is 5.26 Å². The molecule has 0 saturated carbocycles. The summed E-state index contributed by atoms with van der Waals surface area (Å²) in [7, 11) is 1.76. The van der Waals surface area contributed by atoms with E-state index in [1.807, 2.05) is 13.0 Å². The monoisotopic (exact) mass is 480 g/mol. The van der Waals surface area contributed by atoms with Crippen molar-refractivity contribution in [1.82, 2.24) is 4.57 Å². The topological polar surface area (TPSA) is 108 Å². The van der Waals surface area contributed by atoms with Gasteiger partial charge in [-0.25, -0.2) is 4.79 Å². The van der Waals surface area contributed by atoms with Crippen LogP contribution in [0.1, 0.15) is 35.6 Å². The van der Waals surface area contributed by atoms with Gasteiger partial charge in [0.2, 0.25) is 0 Å². The Morgan fingerprint density at radius 1 is 1.15 bits per heavy atom. The van der Waals surface area contributed by atoms with E-state index >= 15 is 0 Å². The third-order valence-corrected chi connectivity index (χ3v) is 6.11. The minimum atomic E-state index is -2.43. The first kappa shape index (κ1) is 25.0. The Balaban J connectivity index is 1.81. The van der Waals surface area contributed by atoms with Gasteiger partial charge in [0.05, 0.1) is 18.7 Å². The molecule has 0 saturated heterocycles. The van der Waals surface area contributed by atoms with E-state index in [-0.39, 0.29) is 19.8 Å². The van der Waals surface area contributed by atoms with E-state index in [0.29, 0.717) is 40.2 Å². The van der Waals surface area contributed by atoms with E-state index in [0.717, 1.165) is 5.69 Å². The van der Waals surface area contributed by atoms with Gasteiger partial charge in [0.15, 0.2) is 0 Å². The summed E-state index contributed by atoms with van der Waals surface area (Å²) >= 11 is -2.43. The molecule has 0 radical (unpaired) electrons. The van der Waals surface area contributed by atoms with E-state index < -0.39 is 17.2 Å². The average molecular weight is 481 g/mol. The first-order valence-corrected chi connectivity index (χ1v) is 11.9. The lowest BCUT2D eigenvalue weighted by Crippen LogP contribution is -2.30. The number of ether oxygens (including phenoxy) is 2. The minimum absolute atomic E-state index is 0.144. The predicted octanol–water partition coefficient (Wildman–Crippen LogP) is 3.98. The summed E-state index contributed by atoms with van der Waals surface area (Å²) < 4.78 is 37.1. The molecular formula is C25H26N3O5S-. The van der Waals surface area contributed by atoms with Crippen LogP contribution in [0.5, 0.6) is 5.75 Å². The highest BCUT2D eigenvalue weighted by Crippen LogP contribution is 2.34. The van der Waals surface area contributed by atoms with Gasteiger partial charge in [-0.1, -0.05) is 37.3 Å². The second-order valence-electron chi connectivity index (χ2n) is 7.32. The van der Waals surface area contributed by atoms with Crippen LogP contribution in [-0.4, -0.2) is 39.1 Å². The molecule has 8 nitrogen and oxygen atoms in total. The molecule has 178 valence electrons. The molecule has 2 aromatic carbocycles. The van der Waals surface area contributed by atoms with Crippen LogP contribution >= 0.6 is 0 Å². The summed E-state index contributed by atoms with van der Waals surface area (Å²) in [5.74, 6) is 0.0550. The van der Waals surface area contributed by atoms with Crippen LogP contribution in [0.4, 0.5) is 5.69 Å². The number of nitrogens with zero attached hydrogens (tertiary/aromatic N) is 3. The van der Waals surface area contributed by atoms with Crippen molar-refractivity contribution in [2.75, 3.05) is 24.1 Å². The Bertz CT molecular complexity index is 1200. The summed E-state index contributed by atoms with van der Waals surface area (Å²) in [5.41, 5.74) is 3.31. The molecule has 0 fully saturated rings. The lowest BCUT2D eigenvalue weighted by atomic mass is 10.00. The molecule has 0 aliphatic rings. The number of nitriles is 1. The highest BCUT2D eigenvalue weighted by atomic mass is 32.2. The Morgan fingerprint density at radius 3 is 2.38 bits per heavy atom. The summed E-state index contributed by atoms with van der Waals surface area (Å²) in [6.45, 7) is 4.18. The summed E-state index contributed by atoms with van der Waals surface area (Å²) in [6.07, 6.45) is 0.589.